The van der Waals surface area contributed by atoms with E-state index in [-0.39, 0.29) is 18.4 Å². The fourth-order valence-corrected chi connectivity index (χ4v) is 2.63. The van der Waals surface area contributed by atoms with Crippen LogP contribution in [0, 0.1) is 6.92 Å². The van der Waals surface area contributed by atoms with Crippen molar-refractivity contribution in [2.24, 2.45) is 0 Å². The number of likely N-dealkylation sites (tertiary alicyclic amines) is 1. The number of aryl methyl sites for hydroxylation is 2. The van der Waals surface area contributed by atoms with Crippen LogP contribution in [0.4, 0.5) is 0 Å². The molecule has 1 aromatic heterocycles. The second-order valence-electron chi connectivity index (χ2n) is 4.96. The molecule has 0 bridgehead atoms. The molecule has 1 aliphatic rings. The molecule has 1 saturated heterocycles. The molecule has 104 valence electrons. The minimum Gasteiger partial charge on any atom is -0.481 e. The summed E-state index contributed by atoms with van der Waals surface area (Å²) in [7, 11) is 0. The predicted molar refractivity (Wildman–Crippen MR) is 69.1 cm³/mol. The molecule has 0 aliphatic carbocycles. The summed E-state index contributed by atoms with van der Waals surface area (Å²) in [4.78, 5) is 24.8. The molecule has 5 nitrogen and oxygen atoms in total. The number of furan rings is 1. The Kier molecular flexibility index (Phi) is 3.93. The van der Waals surface area contributed by atoms with Gasteiger partial charge in [-0.2, -0.15) is 0 Å². The molecule has 0 aromatic carbocycles. The number of carboxylic acids is 1. The van der Waals surface area contributed by atoms with Crippen molar-refractivity contribution < 1.29 is 19.1 Å². The molecule has 1 amide bonds. The van der Waals surface area contributed by atoms with E-state index in [2.05, 4.69) is 0 Å². The highest BCUT2D eigenvalue weighted by Gasteiger charge is 2.32. The number of rotatable bonds is 4. The summed E-state index contributed by atoms with van der Waals surface area (Å²) in [5, 5.41) is 8.87. The minimum absolute atomic E-state index is 0.00602. The number of carbonyl (C=O) groups excluding carboxylic acids is 1. The lowest BCUT2D eigenvalue weighted by molar-refractivity contribution is -0.137. The molecule has 5 heteroatoms. The van der Waals surface area contributed by atoms with Gasteiger partial charge in [0.25, 0.3) is 5.91 Å². The number of hydrogen-bond acceptors (Lipinski definition) is 3. The van der Waals surface area contributed by atoms with Crippen molar-refractivity contribution in [3.63, 3.8) is 0 Å². The number of hydrogen-bond donors (Lipinski definition) is 1. The molecule has 1 unspecified atom stereocenters. The monoisotopic (exact) mass is 265 g/mol. The van der Waals surface area contributed by atoms with E-state index in [0.717, 1.165) is 30.6 Å². The third-order valence-corrected chi connectivity index (χ3v) is 3.60. The molecule has 1 aliphatic heterocycles. The summed E-state index contributed by atoms with van der Waals surface area (Å²) in [6.07, 6.45) is 2.35. The van der Waals surface area contributed by atoms with Crippen molar-refractivity contribution in [3.8, 4) is 0 Å². The molecule has 0 spiro atoms. The van der Waals surface area contributed by atoms with Gasteiger partial charge >= 0.3 is 5.97 Å². The fourth-order valence-electron chi connectivity index (χ4n) is 2.63. The Hall–Kier alpha value is -1.78. The lowest BCUT2D eigenvalue weighted by atomic mass is 10.1. The van der Waals surface area contributed by atoms with E-state index in [1.54, 1.807) is 11.0 Å². The lowest BCUT2D eigenvalue weighted by Crippen LogP contribution is -2.36. The molecule has 1 N–H and O–H groups in total. The molecule has 0 saturated carbocycles. The average Bonchev–Trinajstić information content (AvgIpc) is 2.94. The van der Waals surface area contributed by atoms with Gasteiger partial charge in [0.1, 0.15) is 5.76 Å². The van der Waals surface area contributed by atoms with Gasteiger partial charge in [0.2, 0.25) is 0 Å². The summed E-state index contributed by atoms with van der Waals surface area (Å²) in [6.45, 7) is 4.50. The molecular weight excluding hydrogens is 246 g/mol. The van der Waals surface area contributed by atoms with E-state index in [4.69, 9.17) is 9.52 Å². The molecule has 2 rings (SSSR count). The van der Waals surface area contributed by atoms with E-state index in [1.807, 2.05) is 13.8 Å². The van der Waals surface area contributed by atoms with Crippen LogP contribution >= 0.6 is 0 Å². The zero-order valence-corrected chi connectivity index (χ0v) is 11.3. The van der Waals surface area contributed by atoms with Crippen molar-refractivity contribution in [1.29, 1.82) is 0 Å². The van der Waals surface area contributed by atoms with Crippen LogP contribution in [0.1, 0.15) is 48.1 Å². The van der Waals surface area contributed by atoms with Crippen molar-refractivity contribution in [2.45, 2.75) is 45.6 Å². The predicted octanol–water partition coefficient (Wildman–Crippen LogP) is 2.23. The van der Waals surface area contributed by atoms with Crippen LogP contribution in [0.2, 0.25) is 0 Å². The Morgan fingerprint density at radius 2 is 2.26 bits per heavy atom. The van der Waals surface area contributed by atoms with Crippen LogP contribution in [-0.4, -0.2) is 34.5 Å². The van der Waals surface area contributed by atoms with Crippen molar-refractivity contribution in [2.75, 3.05) is 6.54 Å². The molecule has 1 aromatic rings. The van der Waals surface area contributed by atoms with Crippen LogP contribution in [0.3, 0.4) is 0 Å². The molecule has 19 heavy (non-hydrogen) atoms. The quantitative estimate of drug-likeness (QED) is 0.906. The van der Waals surface area contributed by atoms with Gasteiger partial charge in [0, 0.05) is 19.0 Å². The first-order chi connectivity index (χ1) is 9.02. The maximum atomic E-state index is 12.4. The second-order valence-corrected chi connectivity index (χ2v) is 4.96. The van der Waals surface area contributed by atoms with Crippen LogP contribution in [0.25, 0.3) is 0 Å². The van der Waals surface area contributed by atoms with Gasteiger partial charge in [-0.3, -0.25) is 9.59 Å². The van der Waals surface area contributed by atoms with Gasteiger partial charge in [-0.1, -0.05) is 6.92 Å². The Morgan fingerprint density at radius 1 is 1.53 bits per heavy atom. The van der Waals surface area contributed by atoms with Crippen LogP contribution < -0.4 is 0 Å². The van der Waals surface area contributed by atoms with E-state index in [9.17, 15) is 9.59 Å². The smallest absolute Gasteiger partial charge is 0.305 e. The van der Waals surface area contributed by atoms with Gasteiger partial charge < -0.3 is 14.4 Å². The van der Waals surface area contributed by atoms with E-state index in [1.165, 1.54) is 0 Å². The van der Waals surface area contributed by atoms with Gasteiger partial charge in [0.05, 0.1) is 6.42 Å². The highest BCUT2D eigenvalue weighted by atomic mass is 16.4. The Balaban J connectivity index is 2.15. The summed E-state index contributed by atoms with van der Waals surface area (Å²) in [5.41, 5.74) is 0.972. The number of amides is 1. The van der Waals surface area contributed by atoms with E-state index in [0.29, 0.717) is 12.3 Å². The Morgan fingerprint density at radius 3 is 2.84 bits per heavy atom. The molecule has 0 radical (unpaired) electrons. The van der Waals surface area contributed by atoms with Crippen molar-refractivity contribution in [3.05, 3.63) is 23.2 Å². The third-order valence-electron chi connectivity index (χ3n) is 3.60. The first-order valence-corrected chi connectivity index (χ1v) is 6.65. The standard InChI is InChI=1S/C14H19NO4/c1-3-11-9(2)7-12(19-11)14(18)15-6-4-5-10(15)8-13(16)17/h7,10H,3-6,8H2,1-2H3,(H,16,17). The summed E-state index contributed by atoms with van der Waals surface area (Å²) >= 11 is 0. The Labute approximate surface area is 112 Å². The van der Waals surface area contributed by atoms with Crippen molar-refractivity contribution in [1.82, 2.24) is 4.90 Å². The van der Waals surface area contributed by atoms with Crippen LogP contribution in [-0.2, 0) is 11.2 Å². The molecule has 1 fully saturated rings. The van der Waals surface area contributed by atoms with Crippen molar-refractivity contribution >= 4 is 11.9 Å². The number of nitrogens with zero attached hydrogens (tertiary/aromatic N) is 1. The minimum atomic E-state index is -0.866. The SMILES string of the molecule is CCc1oc(C(=O)N2CCCC2CC(=O)O)cc1C. The zero-order chi connectivity index (χ0) is 14.0. The number of carbonyl (C=O) groups is 2. The number of carboxylic acid groups (broad SMARTS) is 1. The highest BCUT2D eigenvalue weighted by molar-refractivity contribution is 5.92. The maximum Gasteiger partial charge on any atom is 0.305 e. The maximum absolute atomic E-state index is 12.4. The topological polar surface area (TPSA) is 70.8 Å². The first-order valence-electron chi connectivity index (χ1n) is 6.65. The lowest BCUT2D eigenvalue weighted by Gasteiger charge is -2.22. The van der Waals surface area contributed by atoms with Crippen LogP contribution in [0.15, 0.2) is 10.5 Å². The first kappa shape index (κ1) is 13.6. The summed E-state index contributed by atoms with van der Waals surface area (Å²) in [5.74, 6) is 0.0880. The van der Waals surface area contributed by atoms with Gasteiger partial charge in [0.15, 0.2) is 5.76 Å². The molecule has 1 atom stereocenters. The largest absolute Gasteiger partial charge is 0.481 e. The molecular formula is C14H19NO4. The van der Waals surface area contributed by atoms with E-state index >= 15 is 0 Å². The van der Waals surface area contributed by atoms with Gasteiger partial charge in [-0.05, 0) is 31.4 Å². The Bertz CT molecular complexity index is 492. The summed E-state index contributed by atoms with van der Waals surface area (Å²) in [6, 6.07) is 1.54. The zero-order valence-electron chi connectivity index (χ0n) is 11.3. The van der Waals surface area contributed by atoms with E-state index < -0.39 is 5.97 Å². The van der Waals surface area contributed by atoms with Crippen LogP contribution in [0.5, 0.6) is 0 Å². The fraction of sp³-hybridized carbons (Fsp3) is 0.571. The van der Waals surface area contributed by atoms with Gasteiger partial charge in [-0.15, -0.1) is 0 Å². The number of aliphatic carboxylic acids is 1. The normalized spacial score (nSPS) is 18.8. The molecule has 2 heterocycles. The third kappa shape index (κ3) is 2.80. The average molecular weight is 265 g/mol. The van der Waals surface area contributed by atoms with Gasteiger partial charge in [-0.25, -0.2) is 0 Å². The highest BCUT2D eigenvalue weighted by Crippen LogP contribution is 2.24. The summed E-state index contributed by atoms with van der Waals surface area (Å²) < 4.78 is 5.55. The second kappa shape index (κ2) is 5.47.